The van der Waals surface area contributed by atoms with Gasteiger partial charge in [0.2, 0.25) is 0 Å². The molecule has 1 heterocycles. The van der Waals surface area contributed by atoms with E-state index in [2.05, 4.69) is 4.98 Å². The van der Waals surface area contributed by atoms with Gasteiger partial charge in [0.25, 0.3) is 0 Å². The number of carbonyl (C=O) groups excluding carboxylic acids is 1. The van der Waals surface area contributed by atoms with Gasteiger partial charge in [-0.25, -0.2) is 0 Å². The summed E-state index contributed by atoms with van der Waals surface area (Å²) in [5.41, 5.74) is 0.586. The van der Waals surface area contributed by atoms with Crippen LogP contribution in [0.25, 0.3) is 10.8 Å². The van der Waals surface area contributed by atoms with Crippen LogP contribution >= 0.6 is 0 Å². The minimum Gasteiger partial charge on any atom is -0.292 e. The van der Waals surface area contributed by atoms with Crippen molar-refractivity contribution < 1.29 is 4.79 Å². The highest BCUT2D eigenvalue weighted by molar-refractivity contribution is 6.06. The Labute approximate surface area is 89.0 Å². The number of Topliss-reactive ketones (excluding diaryl/α,β-unsaturated/α-hetero) is 1. The van der Waals surface area contributed by atoms with Crippen LogP contribution in [0, 0.1) is 5.92 Å². The summed E-state index contributed by atoms with van der Waals surface area (Å²) in [4.78, 5) is 16.1. The van der Waals surface area contributed by atoms with E-state index < -0.39 is 0 Å². The van der Waals surface area contributed by atoms with E-state index in [4.69, 9.17) is 0 Å². The molecule has 0 N–H and O–H groups in total. The van der Waals surface area contributed by atoms with Gasteiger partial charge in [0, 0.05) is 17.5 Å². The number of hydrogen-bond donors (Lipinski definition) is 0. The van der Waals surface area contributed by atoms with Crippen molar-refractivity contribution >= 4 is 16.6 Å². The fourth-order valence-corrected chi connectivity index (χ4v) is 1.59. The quantitative estimate of drug-likeness (QED) is 0.696. The van der Waals surface area contributed by atoms with Crippen molar-refractivity contribution in [3.63, 3.8) is 0 Å². The Morgan fingerprint density at radius 3 is 2.67 bits per heavy atom. The molecular formula is C13H13NO. The summed E-state index contributed by atoms with van der Waals surface area (Å²) in [6, 6.07) is 9.76. The number of rotatable bonds is 2. The van der Waals surface area contributed by atoms with Crippen LogP contribution in [0.15, 0.2) is 36.5 Å². The lowest BCUT2D eigenvalue weighted by Crippen LogP contribution is -2.09. The fourth-order valence-electron chi connectivity index (χ4n) is 1.59. The summed E-state index contributed by atoms with van der Waals surface area (Å²) in [6.07, 6.45) is 1.69. The Morgan fingerprint density at radius 1 is 1.20 bits per heavy atom. The average molecular weight is 199 g/mol. The highest BCUT2D eigenvalue weighted by Crippen LogP contribution is 2.18. The first-order chi connectivity index (χ1) is 7.20. The molecule has 0 aliphatic rings. The summed E-state index contributed by atoms with van der Waals surface area (Å²) < 4.78 is 0. The highest BCUT2D eigenvalue weighted by Gasteiger charge is 2.14. The zero-order chi connectivity index (χ0) is 10.8. The second-order valence-corrected chi connectivity index (χ2v) is 3.90. The monoisotopic (exact) mass is 199 g/mol. The summed E-state index contributed by atoms with van der Waals surface area (Å²) in [7, 11) is 0. The van der Waals surface area contributed by atoms with Crippen LogP contribution in [0.4, 0.5) is 0 Å². The molecule has 0 amide bonds. The zero-order valence-corrected chi connectivity index (χ0v) is 8.90. The molecule has 0 aliphatic heterocycles. The first-order valence-electron chi connectivity index (χ1n) is 5.08. The van der Waals surface area contributed by atoms with E-state index in [0.717, 1.165) is 10.8 Å². The van der Waals surface area contributed by atoms with Crippen molar-refractivity contribution in [3.05, 3.63) is 42.2 Å². The summed E-state index contributed by atoms with van der Waals surface area (Å²) in [5.74, 6) is 0.0927. The molecular weight excluding hydrogens is 186 g/mol. The Kier molecular flexibility index (Phi) is 2.50. The number of ketones is 1. The third kappa shape index (κ3) is 1.75. The molecule has 2 nitrogen and oxygen atoms in total. The molecule has 0 fully saturated rings. The predicted molar refractivity (Wildman–Crippen MR) is 60.9 cm³/mol. The smallest absolute Gasteiger partial charge is 0.184 e. The molecule has 0 atom stereocenters. The largest absolute Gasteiger partial charge is 0.292 e. The third-order valence-electron chi connectivity index (χ3n) is 2.43. The van der Waals surface area contributed by atoms with E-state index in [1.54, 1.807) is 6.20 Å². The summed E-state index contributed by atoms with van der Waals surface area (Å²) in [5, 5.41) is 2.01. The van der Waals surface area contributed by atoms with E-state index in [1.807, 2.05) is 44.2 Å². The molecule has 15 heavy (non-hydrogen) atoms. The van der Waals surface area contributed by atoms with Crippen molar-refractivity contribution in [2.75, 3.05) is 0 Å². The van der Waals surface area contributed by atoms with Crippen LogP contribution in [0.2, 0.25) is 0 Å². The third-order valence-corrected chi connectivity index (χ3v) is 2.43. The topological polar surface area (TPSA) is 30.0 Å². The lowest BCUT2D eigenvalue weighted by Gasteiger charge is -2.06. The van der Waals surface area contributed by atoms with Gasteiger partial charge in [0.1, 0.15) is 5.69 Å². The van der Waals surface area contributed by atoms with Crippen LogP contribution in [0.3, 0.4) is 0 Å². The van der Waals surface area contributed by atoms with Gasteiger partial charge in [0.05, 0.1) is 0 Å². The molecule has 1 aromatic carbocycles. The minimum atomic E-state index is -0.0108. The predicted octanol–water partition coefficient (Wildman–Crippen LogP) is 3.07. The Balaban J connectivity index is 2.66. The summed E-state index contributed by atoms with van der Waals surface area (Å²) in [6.45, 7) is 3.79. The number of hydrogen-bond acceptors (Lipinski definition) is 2. The van der Waals surface area contributed by atoms with Crippen molar-refractivity contribution in [2.45, 2.75) is 13.8 Å². The molecule has 0 aliphatic carbocycles. The van der Waals surface area contributed by atoms with Gasteiger partial charge in [-0.2, -0.15) is 0 Å². The molecule has 2 heteroatoms. The Morgan fingerprint density at radius 2 is 1.93 bits per heavy atom. The van der Waals surface area contributed by atoms with Gasteiger partial charge in [-0.3, -0.25) is 9.78 Å². The van der Waals surface area contributed by atoms with Crippen molar-refractivity contribution in [1.82, 2.24) is 4.98 Å². The van der Waals surface area contributed by atoms with Gasteiger partial charge in [-0.05, 0) is 11.5 Å². The zero-order valence-electron chi connectivity index (χ0n) is 8.90. The van der Waals surface area contributed by atoms with Crippen molar-refractivity contribution in [1.29, 1.82) is 0 Å². The van der Waals surface area contributed by atoms with Gasteiger partial charge in [0.15, 0.2) is 5.78 Å². The average Bonchev–Trinajstić information content (AvgIpc) is 2.27. The van der Waals surface area contributed by atoms with Gasteiger partial charge >= 0.3 is 0 Å². The maximum absolute atomic E-state index is 11.9. The molecule has 0 spiro atoms. The lowest BCUT2D eigenvalue weighted by molar-refractivity contribution is 0.0936. The lowest BCUT2D eigenvalue weighted by atomic mass is 10.0. The second kappa shape index (κ2) is 3.81. The van der Waals surface area contributed by atoms with Crippen LogP contribution in [-0.2, 0) is 0 Å². The highest BCUT2D eigenvalue weighted by atomic mass is 16.1. The van der Waals surface area contributed by atoms with E-state index >= 15 is 0 Å². The molecule has 0 saturated heterocycles. The Bertz CT molecular complexity index is 497. The van der Waals surface area contributed by atoms with Crippen LogP contribution in [0.1, 0.15) is 24.3 Å². The maximum Gasteiger partial charge on any atom is 0.184 e. The number of fused-ring (bicyclic) bond motifs is 1. The number of nitrogens with zero attached hydrogens (tertiary/aromatic N) is 1. The van der Waals surface area contributed by atoms with Gasteiger partial charge in [-0.1, -0.05) is 38.1 Å². The molecule has 0 radical (unpaired) electrons. The molecule has 0 unspecified atom stereocenters. The molecule has 1 aromatic heterocycles. The number of benzene rings is 1. The van der Waals surface area contributed by atoms with Crippen LogP contribution < -0.4 is 0 Å². The number of pyridine rings is 1. The molecule has 0 bridgehead atoms. The molecule has 2 aromatic rings. The standard InChI is InChI=1S/C13H13NO/c1-9(2)13(15)12-11-6-4-3-5-10(11)7-8-14-12/h3-9H,1-2H3. The van der Waals surface area contributed by atoms with Crippen molar-refractivity contribution in [3.8, 4) is 0 Å². The van der Waals surface area contributed by atoms with E-state index in [9.17, 15) is 4.79 Å². The van der Waals surface area contributed by atoms with E-state index in [1.165, 1.54) is 0 Å². The second-order valence-electron chi connectivity index (χ2n) is 3.90. The van der Waals surface area contributed by atoms with Crippen molar-refractivity contribution in [2.24, 2.45) is 5.92 Å². The normalized spacial score (nSPS) is 10.9. The fraction of sp³-hybridized carbons (Fsp3) is 0.231. The van der Waals surface area contributed by atoms with E-state index in [-0.39, 0.29) is 11.7 Å². The first kappa shape index (κ1) is 9.84. The Hall–Kier alpha value is -1.70. The minimum absolute atomic E-state index is 0.0108. The summed E-state index contributed by atoms with van der Waals surface area (Å²) >= 11 is 0. The van der Waals surface area contributed by atoms with E-state index in [0.29, 0.717) is 5.69 Å². The van der Waals surface area contributed by atoms with Crippen LogP contribution in [0.5, 0.6) is 0 Å². The number of aromatic nitrogens is 1. The molecule has 76 valence electrons. The first-order valence-corrected chi connectivity index (χ1v) is 5.08. The molecule has 2 rings (SSSR count). The number of carbonyl (C=O) groups is 1. The van der Waals surface area contributed by atoms with Crippen LogP contribution in [-0.4, -0.2) is 10.8 Å². The van der Waals surface area contributed by atoms with Gasteiger partial charge in [-0.15, -0.1) is 0 Å². The maximum atomic E-state index is 11.9. The SMILES string of the molecule is CC(C)C(=O)c1nccc2ccccc12. The van der Waals surface area contributed by atoms with Gasteiger partial charge < -0.3 is 0 Å². The molecule has 0 saturated carbocycles.